The van der Waals surface area contributed by atoms with Crippen molar-refractivity contribution in [3.8, 4) is 0 Å². The predicted octanol–water partition coefficient (Wildman–Crippen LogP) is 7.03. The Kier molecular flexibility index (Phi) is 4.20. The van der Waals surface area contributed by atoms with Gasteiger partial charge < -0.3 is 0 Å². The van der Waals surface area contributed by atoms with Crippen LogP contribution in [-0.4, -0.2) is 0 Å². The fourth-order valence-electron chi connectivity index (χ4n) is 3.57. The molecule has 0 fully saturated rings. The van der Waals surface area contributed by atoms with E-state index < -0.39 is 0 Å². The number of allylic oxidation sites excluding steroid dienone is 5. The number of hydrogen-bond acceptors (Lipinski definition) is 0. The molecule has 0 N–H and O–H groups in total. The van der Waals surface area contributed by atoms with Gasteiger partial charge in [0.05, 0.1) is 0 Å². The molecule has 116 valence electrons. The summed E-state index contributed by atoms with van der Waals surface area (Å²) in [4.78, 5) is 0. The highest BCUT2D eigenvalue weighted by Crippen LogP contribution is 2.43. The van der Waals surface area contributed by atoms with Crippen LogP contribution in [0.4, 0.5) is 0 Å². The zero-order valence-corrected chi connectivity index (χ0v) is 15.6. The molecule has 1 heteroatoms. The molecule has 1 atom stereocenters. The molecule has 0 radical (unpaired) electrons. The standard InChI is InChI=1S/C21H25Br/c1-14-12-19-18(6-5-7-20(19)22)17(14)11-9-15-8-10-16(13-15)21(2,3)4/h5-7,10,12-13,17H,8-9,11H2,1-4H3. The average Bonchev–Trinajstić information content (AvgIpc) is 3.01. The fourth-order valence-corrected chi connectivity index (χ4v) is 4.07. The van der Waals surface area contributed by atoms with Crippen molar-refractivity contribution in [3.63, 3.8) is 0 Å². The lowest BCUT2D eigenvalue weighted by Crippen LogP contribution is -2.05. The monoisotopic (exact) mass is 356 g/mol. The van der Waals surface area contributed by atoms with Gasteiger partial charge in [0.25, 0.3) is 0 Å². The van der Waals surface area contributed by atoms with Crippen LogP contribution in [0.15, 0.2) is 51.5 Å². The molecule has 1 unspecified atom stereocenters. The molecule has 0 saturated carbocycles. The minimum atomic E-state index is 0.280. The van der Waals surface area contributed by atoms with Crippen LogP contribution >= 0.6 is 15.9 Å². The van der Waals surface area contributed by atoms with E-state index in [1.807, 2.05) is 0 Å². The van der Waals surface area contributed by atoms with Crippen LogP contribution < -0.4 is 0 Å². The Morgan fingerprint density at radius 1 is 1.18 bits per heavy atom. The van der Waals surface area contributed by atoms with Gasteiger partial charge in [-0.1, -0.05) is 78.2 Å². The summed E-state index contributed by atoms with van der Waals surface area (Å²) in [6.45, 7) is 9.18. The third-order valence-electron chi connectivity index (χ3n) is 4.95. The van der Waals surface area contributed by atoms with Crippen LogP contribution in [0.3, 0.4) is 0 Å². The van der Waals surface area contributed by atoms with Crippen LogP contribution in [0.25, 0.3) is 6.08 Å². The summed E-state index contributed by atoms with van der Waals surface area (Å²) in [5.41, 5.74) is 7.77. The van der Waals surface area contributed by atoms with Gasteiger partial charge in [0.1, 0.15) is 0 Å². The van der Waals surface area contributed by atoms with Gasteiger partial charge in [0.2, 0.25) is 0 Å². The van der Waals surface area contributed by atoms with Crippen molar-refractivity contribution in [2.24, 2.45) is 5.41 Å². The number of hydrogen-bond donors (Lipinski definition) is 0. The highest BCUT2D eigenvalue weighted by Gasteiger charge is 2.25. The van der Waals surface area contributed by atoms with Crippen molar-refractivity contribution in [2.45, 2.75) is 52.9 Å². The molecule has 1 aromatic carbocycles. The predicted molar refractivity (Wildman–Crippen MR) is 100 cm³/mol. The van der Waals surface area contributed by atoms with Gasteiger partial charge in [-0.2, -0.15) is 0 Å². The summed E-state index contributed by atoms with van der Waals surface area (Å²) in [6, 6.07) is 6.60. The zero-order chi connectivity index (χ0) is 15.9. The first-order valence-corrected chi connectivity index (χ1v) is 9.02. The Balaban J connectivity index is 1.70. The molecule has 2 aliphatic rings. The number of rotatable bonds is 3. The van der Waals surface area contributed by atoms with Gasteiger partial charge >= 0.3 is 0 Å². The second-order valence-electron chi connectivity index (χ2n) is 7.64. The first-order chi connectivity index (χ1) is 10.4. The minimum Gasteiger partial charge on any atom is -0.0767 e. The van der Waals surface area contributed by atoms with Crippen LogP contribution in [-0.2, 0) is 0 Å². The smallest absolute Gasteiger partial charge is 0.0250 e. The van der Waals surface area contributed by atoms with Gasteiger partial charge in [-0.3, -0.25) is 0 Å². The SMILES string of the molecule is CC1=Cc2c(Br)cccc2C1CCC1=CC(C(C)(C)C)=CC1. The van der Waals surface area contributed by atoms with E-state index in [1.54, 1.807) is 5.57 Å². The maximum Gasteiger partial charge on any atom is 0.0250 e. The molecule has 2 aliphatic carbocycles. The summed E-state index contributed by atoms with van der Waals surface area (Å²) in [6.07, 6.45) is 10.8. The molecule has 0 nitrogen and oxygen atoms in total. The highest BCUT2D eigenvalue weighted by molar-refractivity contribution is 9.10. The van der Waals surface area contributed by atoms with E-state index in [-0.39, 0.29) is 5.41 Å². The second-order valence-corrected chi connectivity index (χ2v) is 8.49. The minimum absolute atomic E-state index is 0.280. The summed E-state index contributed by atoms with van der Waals surface area (Å²) in [5, 5.41) is 0. The van der Waals surface area contributed by atoms with E-state index in [4.69, 9.17) is 0 Å². The van der Waals surface area contributed by atoms with E-state index in [9.17, 15) is 0 Å². The molecule has 0 amide bonds. The Labute approximate surface area is 143 Å². The quantitative estimate of drug-likeness (QED) is 0.545. The molecular formula is C21H25Br. The summed E-state index contributed by atoms with van der Waals surface area (Å²) >= 11 is 3.69. The molecule has 0 saturated heterocycles. The molecular weight excluding hydrogens is 332 g/mol. The van der Waals surface area contributed by atoms with Crippen molar-refractivity contribution in [2.75, 3.05) is 0 Å². The summed E-state index contributed by atoms with van der Waals surface area (Å²) < 4.78 is 1.23. The first kappa shape index (κ1) is 15.8. The second kappa shape index (κ2) is 5.85. The number of fused-ring (bicyclic) bond motifs is 1. The maximum absolute atomic E-state index is 3.69. The Morgan fingerprint density at radius 3 is 2.64 bits per heavy atom. The van der Waals surface area contributed by atoms with Crippen LogP contribution in [0.2, 0.25) is 0 Å². The first-order valence-electron chi connectivity index (χ1n) is 8.23. The lowest BCUT2D eigenvalue weighted by Gasteiger charge is -2.18. The Bertz CT molecular complexity index is 680. The van der Waals surface area contributed by atoms with Gasteiger partial charge in [-0.25, -0.2) is 0 Å². The fraction of sp³-hybridized carbons (Fsp3) is 0.429. The highest BCUT2D eigenvalue weighted by atomic mass is 79.9. The molecule has 0 bridgehead atoms. The van der Waals surface area contributed by atoms with Crippen LogP contribution in [0.1, 0.15) is 64.0 Å². The van der Waals surface area contributed by atoms with E-state index in [2.05, 4.69) is 80.1 Å². The summed E-state index contributed by atoms with van der Waals surface area (Å²) in [7, 11) is 0. The van der Waals surface area contributed by atoms with Crippen molar-refractivity contribution < 1.29 is 0 Å². The molecule has 0 heterocycles. The largest absolute Gasteiger partial charge is 0.0767 e. The lowest BCUT2D eigenvalue weighted by molar-refractivity contribution is 0.517. The lowest BCUT2D eigenvalue weighted by atomic mass is 9.87. The number of halogens is 1. The molecule has 22 heavy (non-hydrogen) atoms. The van der Waals surface area contributed by atoms with E-state index >= 15 is 0 Å². The zero-order valence-electron chi connectivity index (χ0n) is 14.0. The average molecular weight is 357 g/mol. The Hall–Kier alpha value is -1.08. The van der Waals surface area contributed by atoms with E-state index in [1.165, 1.54) is 39.6 Å². The topological polar surface area (TPSA) is 0 Å². The van der Waals surface area contributed by atoms with E-state index in [0.717, 1.165) is 6.42 Å². The van der Waals surface area contributed by atoms with Crippen molar-refractivity contribution in [3.05, 3.63) is 62.7 Å². The molecule has 0 aromatic heterocycles. The van der Waals surface area contributed by atoms with Gasteiger partial charge in [-0.15, -0.1) is 0 Å². The van der Waals surface area contributed by atoms with Gasteiger partial charge in [0, 0.05) is 10.4 Å². The maximum atomic E-state index is 3.69. The third-order valence-corrected chi connectivity index (χ3v) is 5.64. The van der Waals surface area contributed by atoms with Gasteiger partial charge in [0.15, 0.2) is 0 Å². The third kappa shape index (κ3) is 3.01. The van der Waals surface area contributed by atoms with Crippen molar-refractivity contribution in [1.82, 2.24) is 0 Å². The molecule has 3 rings (SSSR count). The summed E-state index contributed by atoms with van der Waals surface area (Å²) in [5.74, 6) is 0.590. The van der Waals surface area contributed by atoms with Gasteiger partial charge in [-0.05, 0) is 54.4 Å². The Morgan fingerprint density at radius 2 is 1.95 bits per heavy atom. The van der Waals surface area contributed by atoms with E-state index in [0.29, 0.717) is 5.92 Å². The number of benzene rings is 1. The normalized spacial score (nSPS) is 20.6. The molecule has 0 aliphatic heterocycles. The van der Waals surface area contributed by atoms with Crippen molar-refractivity contribution in [1.29, 1.82) is 0 Å². The molecule has 0 spiro atoms. The van der Waals surface area contributed by atoms with Crippen molar-refractivity contribution >= 4 is 22.0 Å². The van der Waals surface area contributed by atoms with Crippen LogP contribution in [0.5, 0.6) is 0 Å². The molecule has 1 aromatic rings. The van der Waals surface area contributed by atoms with Crippen LogP contribution in [0, 0.1) is 5.41 Å².